The number of rotatable bonds is 6. The van der Waals surface area contributed by atoms with E-state index in [-0.39, 0.29) is 5.91 Å². The molecule has 0 aliphatic heterocycles. The Hall–Kier alpha value is -3.15. The van der Waals surface area contributed by atoms with E-state index < -0.39 is 0 Å². The SMILES string of the molecule is Cc1nn(-c2ccccn2)c(C)c1CCNC(=O)C=Cc1ccco1. The van der Waals surface area contributed by atoms with Crippen molar-refractivity contribution in [2.24, 2.45) is 0 Å². The third-order valence-electron chi connectivity index (χ3n) is 3.92. The van der Waals surface area contributed by atoms with Crippen LogP contribution in [-0.2, 0) is 11.2 Å². The Morgan fingerprint density at radius 2 is 2.16 bits per heavy atom. The van der Waals surface area contributed by atoms with E-state index in [1.165, 1.54) is 6.08 Å². The van der Waals surface area contributed by atoms with Gasteiger partial charge in [-0.2, -0.15) is 5.10 Å². The Morgan fingerprint density at radius 1 is 1.28 bits per heavy atom. The van der Waals surface area contributed by atoms with Gasteiger partial charge in [0.05, 0.1) is 12.0 Å². The fraction of sp³-hybridized carbons (Fsp3) is 0.211. The van der Waals surface area contributed by atoms with E-state index in [1.807, 2.05) is 36.7 Å². The third kappa shape index (κ3) is 4.03. The Kier molecular flexibility index (Phi) is 5.09. The molecule has 3 aromatic rings. The Morgan fingerprint density at radius 3 is 2.88 bits per heavy atom. The third-order valence-corrected chi connectivity index (χ3v) is 3.92. The molecule has 1 amide bonds. The maximum absolute atomic E-state index is 11.9. The predicted molar refractivity (Wildman–Crippen MR) is 95.3 cm³/mol. The van der Waals surface area contributed by atoms with E-state index in [9.17, 15) is 4.79 Å². The molecule has 3 aromatic heterocycles. The molecule has 0 saturated heterocycles. The van der Waals surface area contributed by atoms with E-state index in [2.05, 4.69) is 15.4 Å². The highest BCUT2D eigenvalue weighted by Gasteiger charge is 2.13. The summed E-state index contributed by atoms with van der Waals surface area (Å²) in [6.45, 7) is 4.53. The number of carbonyl (C=O) groups is 1. The van der Waals surface area contributed by atoms with Crippen LogP contribution in [0.15, 0.2) is 53.3 Å². The number of hydrogen-bond donors (Lipinski definition) is 1. The number of aromatic nitrogens is 3. The van der Waals surface area contributed by atoms with Gasteiger partial charge in [0, 0.05) is 24.5 Å². The Labute approximate surface area is 146 Å². The smallest absolute Gasteiger partial charge is 0.244 e. The molecule has 1 N–H and O–H groups in total. The van der Waals surface area contributed by atoms with Crippen molar-refractivity contribution in [2.75, 3.05) is 6.54 Å². The molecule has 6 heteroatoms. The van der Waals surface area contributed by atoms with Gasteiger partial charge in [0.2, 0.25) is 5.91 Å². The van der Waals surface area contributed by atoms with Gasteiger partial charge in [-0.15, -0.1) is 0 Å². The standard InChI is InChI=1S/C19H20N4O2/c1-14-17(15(2)23(22-14)18-7-3-4-11-20-18)10-12-21-19(24)9-8-16-6-5-13-25-16/h3-9,11,13H,10,12H2,1-2H3,(H,21,24). The van der Waals surface area contributed by atoms with Crippen LogP contribution in [0.2, 0.25) is 0 Å². The first kappa shape index (κ1) is 16.7. The minimum absolute atomic E-state index is 0.149. The van der Waals surface area contributed by atoms with Gasteiger partial charge in [0.15, 0.2) is 5.82 Å². The molecular weight excluding hydrogens is 316 g/mol. The molecule has 0 radical (unpaired) electrons. The van der Waals surface area contributed by atoms with E-state index in [4.69, 9.17) is 4.42 Å². The summed E-state index contributed by atoms with van der Waals surface area (Å²) in [6.07, 6.45) is 7.14. The number of nitrogens with one attached hydrogen (secondary N) is 1. The molecule has 3 rings (SSSR count). The summed E-state index contributed by atoms with van der Waals surface area (Å²) in [5.41, 5.74) is 3.11. The minimum Gasteiger partial charge on any atom is -0.465 e. The summed E-state index contributed by atoms with van der Waals surface area (Å²) in [5.74, 6) is 1.29. The summed E-state index contributed by atoms with van der Waals surface area (Å²) >= 11 is 0. The van der Waals surface area contributed by atoms with Crippen LogP contribution in [0.25, 0.3) is 11.9 Å². The number of pyridine rings is 1. The second-order valence-electron chi connectivity index (χ2n) is 5.64. The number of aryl methyl sites for hydroxylation is 1. The monoisotopic (exact) mass is 336 g/mol. The second kappa shape index (κ2) is 7.61. The van der Waals surface area contributed by atoms with Crippen LogP contribution in [0.5, 0.6) is 0 Å². The highest BCUT2D eigenvalue weighted by atomic mass is 16.3. The first-order valence-electron chi connectivity index (χ1n) is 8.11. The molecule has 0 aliphatic rings. The van der Waals surface area contributed by atoms with Crippen LogP contribution in [0.4, 0.5) is 0 Å². The molecule has 0 bridgehead atoms. The average molecular weight is 336 g/mol. The lowest BCUT2D eigenvalue weighted by atomic mass is 10.1. The second-order valence-corrected chi connectivity index (χ2v) is 5.64. The normalized spacial score (nSPS) is 11.1. The summed E-state index contributed by atoms with van der Waals surface area (Å²) in [7, 11) is 0. The Balaban J connectivity index is 1.60. The summed E-state index contributed by atoms with van der Waals surface area (Å²) in [6, 6.07) is 9.31. The van der Waals surface area contributed by atoms with Crippen molar-refractivity contribution < 1.29 is 9.21 Å². The molecule has 0 atom stereocenters. The number of amides is 1. The number of hydrogen-bond acceptors (Lipinski definition) is 4. The van der Waals surface area contributed by atoms with Gasteiger partial charge in [-0.05, 0) is 56.2 Å². The van der Waals surface area contributed by atoms with Crippen molar-refractivity contribution in [3.63, 3.8) is 0 Å². The van der Waals surface area contributed by atoms with E-state index in [1.54, 1.807) is 30.7 Å². The van der Waals surface area contributed by atoms with Gasteiger partial charge in [-0.3, -0.25) is 4.79 Å². The summed E-state index contributed by atoms with van der Waals surface area (Å²) in [4.78, 5) is 16.2. The summed E-state index contributed by atoms with van der Waals surface area (Å²) in [5, 5.41) is 7.44. The summed E-state index contributed by atoms with van der Waals surface area (Å²) < 4.78 is 6.99. The number of nitrogens with zero attached hydrogens (tertiary/aromatic N) is 3. The average Bonchev–Trinajstić information content (AvgIpc) is 3.24. The highest BCUT2D eigenvalue weighted by Crippen LogP contribution is 2.16. The molecule has 0 saturated carbocycles. The van der Waals surface area contributed by atoms with Gasteiger partial charge in [0.1, 0.15) is 5.76 Å². The topological polar surface area (TPSA) is 73.0 Å². The largest absolute Gasteiger partial charge is 0.465 e. The molecule has 0 fully saturated rings. The zero-order valence-corrected chi connectivity index (χ0v) is 14.3. The lowest BCUT2D eigenvalue weighted by Crippen LogP contribution is -2.23. The quantitative estimate of drug-likeness (QED) is 0.703. The van der Waals surface area contributed by atoms with Gasteiger partial charge < -0.3 is 9.73 Å². The Bertz CT molecular complexity index is 864. The van der Waals surface area contributed by atoms with Crippen LogP contribution in [0.1, 0.15) is 22.7 Å². The fourth-order valence-electron chi connectivity index (χ4n) is 2.65. The van der Waals surface area contributed by atoms with Gasteiger partial charge in [-0.1, -0.05) is 6.07 Å². The number of carbonyl (C=O) groups excluding carboxylic acids is 1. The van der Waals surface area contributed by atoms with Gasteiger partial charge in [-0.25, -0.2) is 9.67 Å². The molecule has 128 valence electrons. The molecule has 0 aromatic carbocycles. The molecule has 0 spiro atoms. The van der Waals surface area contributed by atoms with Crippen molar-refractivity contribution in [3.05, 3.63) is 71.6 Å². The maximum Gasteiger partial charge on any atom is 0.244 e. The van der Waals surface area contributed by atoms with Crippen LogP contribution in [0.3, 0.4) is 0 Å². The molecule has 0 aliphatic carbocycles. The zero-order chi connectivity index (χ0) is 17.6. The molecule has 6 nitrogen and oxygen atoms in total. The van der Waals surface area contributed by atoms with Crippen LogP contribution >= 0.6 is 0 Å². The van der Waals surface area contributed by atoms with E-state index in [0.717, 1.165) is 22.8 Å². The lowest BCUT2D eigenvalue weighted by molar-refractivity contribution is -0.116. The first-order valence-corrected chi connectivity index (χ1v) is 8.11. The molecule has 3 heterocycles. The molecule has 0 unspecified atom stereocenters. The van der Waals surface area contributed by atoms with Crippen molar-refractivity contribution in [1.82, 2.24) is 20.1 Å². The highest BCUT2D eigenvalue weighted by molar-refractivity contribution is 5.91. The van der Waals surface area contributed by atoms with Crippen molar-refractivity contribution in [3.8, 4) is 5.82 Å². The van der Waals surface area contributed by atoms with Crippen LogP contribution < -0.4 is 5.32 Å². The first-order chi connectivity index (χ1) is 12.1. The fourth-order valence-corrected chi connectivity index (χ4v) is 2.65. The maximum atomic E-state index is 11.9. The van der Waals surface area contributed by atoms with Crippen LogP contribution in [0, 0.1) is 13.8 Å². The molecular formula is C19H20N4O2. The van der Waals surface area contributed by atoms with Crippen molar-refractivity contribution >= 4 is 12.0 Å². The zero-order valence-electron chi connectivity index (χ0n) is 14.3. The van der Waals surface area contributed by atoms with Gasteiger partial charge in [0.25, 0.3) is 0 Å². The van der Waals surface area contributed by atoms with E-state index in [0.29, 0.717) is 18.7 Å². The molecule has 25 heavy (non-hydrogen) atoms. The lowest BCUT2D eigenvalue weighted by Gasteiger charge is -2.05. The number of furan rings is 1. The van der Waals surface area contributed by atoms with Crippen LogP contribution in [-0.4, -0.2) is 27.2 Å². The predicted octanol–water partition coefficient (Wildman–Crippen LogP) is 2.85. The van der Waals surface area contributed by atoms with Crippen molar-refractivity contribution in [2.45, 2.75) is 20.3 Å². The minimum atomic E-state index is -0.149. The van der Waals surface area contributed by atoms with Crippen molar-refractivity contribution in [1.29, 1.82) is 0 Å². The van der Waals surface area contributed by atoms with E-state index >= 15 is 0 Å². The van der Waals surface area contributed by atoms with Gasteiger partial charge >= 0.3 is 0 Å².